The summed E-state index contributed by atoms with van der Waals surface area (Å²) in [5.41, 5.74) is 1.63. The van der Waals surface area contributed by atoms with Crippen LogP contribution >= 0.6 is 0 Å². The van der Waals surface area contributed by atoms with Gasteiger partial charge in [-0.15, -0.1) is 0 Å². The summed E-state index contributed by atoms with van der Waals surface area (Å²) in [6.45, 7) is 2.65. The number of aliphatic hydroxyl groups is 1. The van der Waals surface area contributed by atoms with E-state index in [4.69, 9.17) is 4.74 Å². The highest BCUT2D eigenvalue weighted by Gasteiger charge is 2.10. The van der Waals surface area contributed by atoms with E-state index in [-0.39, 0.29) is 18.6 Å². The second-order valence-corrected chi connectivity index (χ2v) is 5.52. The molecular formula is C19H23NO4. The van der Waals surface area contributed by atoms with Crippen LogP contribution in [0.25, 0.3) is 0 Å². The molecule has 2 aromatic rings. The van der Waals surface area contributed by atoms with Gasteiger partial charge in [-0.25, -0.2) is 4.79 Å². The Morgan fingerprint density at radius 3 is 2.42 bits per heavy atom. The predicted molar refractivity (Wildman–Crippen MR) is 92.1 cm³/mol. The maximum absolute atomic E-state index is 11.3. The first kappa shape index (κ1) is 18.0. The lowest BCUT2D eigenvalue weighted by Crippen LogP contribution is -2.33. The van der Waals surface area contributed by atoms with Crippen molar-refractivity contribution in [3.8, 4) is 5.75 Å². The highest BCUT2D eigenvalue weighted by atomic mass is 16.5. The van der Waals surface area contributed by atoms with Crippen LogP contribution in [0.1, 0.15) is 28.9 Å². The van der Waals surface area contributed by atoms with Crippen molar-refractivity contribution in [2.24, 2.45) is 0 Å². The molecule has 2 rings (SSSR count). The van der Waals surface area contributed by atoms with Gasteiger partial charge in [0.15, 0.2) is 0 Å². The maximum atomic E-state index is 11.3. The van der Waals surface area contributed by atoms with Crippen molar-refractivity contribution in [2.45, 2.75) is 19.1 Å². The van der Waals surface area contributed by atoms with Gasteiger partial charge in [-0.2, -0.15) is 0 Å². The minimum absolute atomic E-state index is 0.153. The fourth-order valence-electron chi connectivity index (χ4n) is 2.23. The van der Waals surface area contributed by atoms with E-state index in [0.29, 0.717) is 17.9 Å². The molecule has 0 heterocycles. The van der Waals surface area contributed by atoms with Crippen molar-refractivity contribution in [2.75, 3.05) is 20.3 Å². The summed E-state index contributed by atoms with van der Waals surface area (Å²) < 4.78 is 10.2. The average molecular weight is 329 g/mol. The normalized spacial score (nSPS) is 13.1. The first-order chi connectivity index (χ1) is 11.6. The number of hydrogen-bond acceptors (Lipinski definition) is 5. The summed E-state index contributed by atoms with van der Waals surface area (Å²) in [6.07, 6.45) is -0.628. The summed E-state index contributed by atoms with van der Waals surface area (Å²) in [6, 6.07) is 16.8. The molecule has 128 valence electrons. The quantitative estimate of drug-likeness (QED) is 0.729. The van der Waals surface area contributed by atoms with E-state index < -0.39 is 6.10 Å². The Balaban J connectivity index is 1.75. The van der Waals surface area contributed by atoms with Crippen LogP contribution in [-0.4, -0.2) is 37.4 Å². The van der Waals surface area contributed by atoms with Crippen LogP contribution in [0.15, 0.2) is 54.6 Å². The van der Waals surface area contributed by atoms with Crippen molar-refractivity contribution in [3.05, 3.63) is 65.7 Å². The molecule has 2 N–H and O–H groups in total. The third-order valence-electron chi connectivity index (χ3n) is 3.68. The Hall–Kier alpha value is -2.37. The molecule has 0 fully saturated rings. The molecule has 0 aliphatic heterocycles. The molecule has 0 bridgehead atoms. The van der Waals surface area contributed by atoms with E-state index >= 15 is 0 Å². The van der Waals surface area contributed by atoms with Gasteiger partial charge in [0.05, 0.1) is 12.7 Å². The van der Waals surface area contributed by atoms with E-state index in [1.807, 2.05) is 30.3 Å². The highest BCUT2D eigenvalue weighted by molar-refractivity contribution is 5.89. The molecule has 0 unspecified atom stereocenters. The van der Waals surface area contributed by atoms with Gasteiger partial charge in [0, 0.05) is 12.6 Å². The standard InChI is InChI=1S/C19H23NO4/c1-14(15-6-4-3-5-7-15)20-12-17(21)13-24-18-10-8-16(9-11-18)19(22)23-2/h3-11,14,17,20-21H,12-13H2,1-2H3/t14-,17+/m1/s1. The number of carbonyl (C=O) groups is 1. The Morgan fingerprint density at radius 2 is 1.79 bits per heavy atom. The van der Waals surface area contributed by atoms with E-state index in [2.05, 4.69) is 17.0 Å². The predicted octanol–water partition coefficient (Wildman–Crippen LogP) is 2.56. The largest absolute Gasteiger partial charge is 0.491 e. The van der Waals surface area contributed by atoms with Crippen molar-refractivity contribution < 1.29 is 19.4 Å². The van der Waals surface area contributed by atoms with Crippen LogP contribution in [0.4, 0.5) is 0 Å². The van der Waals surface area contributed by atoms with Crippen molar-refractivity contribution in [3.63, 3.8) is 0 Å². The second-order valence-electron chi connectivity index (χ2n) is 5.52. The van der Waals surface area contributed by atoms with Gasteiger partial charge >= 0.3 is 5.97 Å². The third-order valence-corrected chi connectivity index (χ3v) is 3.68. The minimum Gasteiger partial charge on any atom is -0.491 e. The second kappa shape index (κ2) is 9.05. The molecule has 0 radical (unpaired) electrons. The molecule has 0 saturated carbocycles. The first-order valence-corrected chi connectivity index (χ1v) is 7.87. The number of rotatable bonds is 8. The number of hydrogen-bond donors (Lipinski definition) is 2. The van der Waals surface area contributed by atoms with Crippen LogP contribution in [0.2, 0.25) is 0 Å². The molecule has 5 heteroatoms. The van der Waals surface area contributed by atoms with E-state index in [0.717, 1.165) is 0 Å². The van der Waals surface area contributed by atoms with Crippen LogP contribution in [0, 0.1) is 0 Å². The summed E-state index contributed by atoms with van der Waals surface area (Å²) in [5, 5.41) is 13.3. The minimum atomic E-state index is -0.628. The van der Waals surface area contributed by atoms with Gasteiger partial charge < -0.3 is 19.9 Å². The number of carbonyl (C=O) groups excluding carboxylic acids is 1. The van der Waals surface area contributed by atoms with Crippen molar-refractivity contribution in [1.82, 2.24) is 5.32 Å². The van der Waals surface area contributed by atoms with Crippen LogP contribution < -0.4 is 10.1 Å². The number of esters is 1. The molecule has 0 spiro atoms. The fraction of sp³-hybridized carbons (Fsp3) is 0.316. The van der Waals surface area contributed by atoms with Crippen LogP contribution in [-0.2, 0) is 4.74 Å². The monoisotopic (exact) mass is 329 g/mol. The van der Waals surface area contributed by atoms with Crippen LogP contribution in [0.5, 0.6) is 5.75 Å². The SMILES string of the molecule is COC(=O)c1ccc(OC[C@@H](O)CN[C@H](C)c2ccccc2)cc1. The van der Waals surface area contributed by atoms with E-state index in [1.165, 1.54) is 12.7 Å². The molecule has 2 aromatic carbocycles. The Kier molecular flexibility index (Phi) is 6.78. The first-order valence-electron chi connectivity index (χ1n) is 7.87. The molecule has 0 amide bonds. The third kappa shape index (κ3) is 5.37. The summed E-state index contributed by atoms with van der Waals surface area (Å²) >= 11 is 0. The summed E-state index contributed by atoms with van der Waals surface area (Å²) in [5.74, 6) is 0.207. The molecule has 0 aromatic heterocycles. The van der Waals surface area contributed by atoms with E-state index in [1.54, 1.807) is 24.3 Å². The number of nitrogens with one attached hydrogen (secondary N) is 1. The van der Waals surface area contributed by atoms with E-state index in [9.17, 15) is 9.90 Å². The lowest BCUT2D eigenvalue weighted by Gasteiger charge is -2.18. The number of methoxy groups -OCH3 is 1. The Labute approximate surface area is 142 Å². The molecule has 2 atom stereocenters. The van der Waals surface area contributed by atoms with Crippen molar-refractivity contribution in [1.29, 1.82) is 0 Å². The topological polar surface area (TPSA) is 67.8 Å². The molecule has 5 nitrogen and oxygen atoms in total. The summed E-state index contributed by atoms with van der Waals surface area (Å²) in [7, 11) is 1.34. The number of benzene rings is 2. The van der Waals surface area contributed by atoms with Crippen LogP contribution in [0.3, 0.4) is 0 Å². The number of aliphatic hydroxyl groups excluding tert-OH is 1. The smallest absolute Gasteiger partial charge is 0.337 e. The molecule has 24 heavy (non-hydrogen) atoms. The zero-order chi connectivity index (χ0) is 17.4. The summed E-state index contributed by atoms with van der Waals surface area (Å²) in [4.78, 5) is 11.3. The molecule has 0 aliphatic rings. The van der Waals surface area contributed by atoms with Gasteiger partial charge in [0.25, 0.3) is 0 Å². The van der Waals surface area contributed by atoms with Gasteiger partial charge in [-0.1, -0.05) is 30.3 Å². The number of ether oxygens (including phenoxy) is 2. The maximum Gasteiger partial charge on any atom is 0.337 e. The lowest BCUT2D eigenvalue weighted by molar-refractivity contribution is 0.0600. The fourth-order valence-corrected chi connectivity index (χ4v) is 2.23. The Morgan fingerprint density at radius 1 is 1.12 bits per heavy atom. The molecule has 0 aliphatic carbocycles. The average Bonchev–Trinajstić information content (AvgIpc) is 2.64. The van der Waals surface area contributed by atoms with Crippen molar-refractivity contribution >= 4 is 5.97 Å². The Bertz CT molecular complexity index is 628. The zero-order valence-corrected chi connectivity index (χ0v) is 13.9. The molecule has 0 saturated heterocycles. The lowest BCUT2D eigenvalue weighted by atomic mass is 10.1. The van der Waals surface area contributed by atoms with Gasteiger partial charge in [0.2, 0.25) is 0 Å². The molecular weight excluding hydrogens is 306 g/mol. The van der Waals surface area contributed by atoms with Gasteiger partial charge in [-0.3, -0.25) is 0 Å². The van der Waals surface area contributed by atoms with Gasteiger partial charge in [-0.05, 0) is 36.8 Å². The zero-order valence-electron chi connectivity index (χ0n) is 13.9. The highest BCUT2D eigenvalue weighted by Crippen LogP contribution is 2.14. The van der Waals surface area contributed by atoms with Gasteiger partial charge in [0.1, 0.15) is 18.5 Å².